The van der Waals surface area contributed by atoms with Crippen LogP contribution in [0.15, 0.2) is 48.7 Å². The Morgan fingerprint density at radius 3 is 2.51 bits per heavy atom. The van der Waals surface area contributed by atoms with E-state index in [0.717, 1.165) is 62.9 Å². The molecular weight excluding hydrogens is 616 g/mol. The van der Waals surface area contributed by atoms with Crippen LogP contribution in [0.3, 0.4) is 0 Å². The van der Waals surface area contributed by atoms with Gasteiger partial charge in [0, 0.05) is 70.5 Å². The molecule has 2 aliphatic heterocycles. The van der Waals surface area contributed by atoms with Gasteiger partial charge in [-0.05, 0) is 45.0 Å². The topological polar surface area (TPSA) is 115 Å². The third-order valence-electron chi connectivity index (χ3n) is 7.67. The van der Waals surface area contributed by atoms with Crippen molar-refractivity contribution < 1.29 is 18.5 Å². The number of hydrogen-bond acceptors (Lipinski definition) is 10. The maximum atomic E-state index is 12.2. The van der Waals surface area contributed by atoms with Gasteiger partial charge >= 0.3 is 6.09 Å². The van der Waals surface area contributed by atoms with Crippen molar-refractivity contribution in [2.45, 2.75) is 26.4 Å². The van der Waals surface area contributed by atoms with Crippen LogP contribution >= 0.6 is 11.6 Å². The lowest BCUT2D eigenvalue weighted by Crippen LogP contribution is -2.57. The highest BCUT2D eigenvalue weighted by atomic mass is 35.5. The molecule has 5 rings (SSSR count). The van der Waals surface area contributed by atoms with Gasteiger partial charge in [0.05, 0.1) is 30.4 Å². The van der Waals surface area contributed by atoms with Crippen LogP contribution in [0.1, 0.15) is 20.8 Å². The van der Waals surface area contributed by atoms with Crippen LogP contribution < -0.4 is 24.6 Å². The van der Waals surface area contributed by atoms with Gasteiger partial charge in [0.2, 0.25) is 5.95 Å². The summed E-state index contributed by atoms with van der Waals surface area (Å²) in [6.45, 7) is 11.9. The fourth-order valence-electron chi connectivity index (χ4n) is 5.36. The minimum absolute atomic E-state index is 0.134. The molecule has 3 heterocycles. The van der Waals surface area contributed by atoms with Gasteiger partial charge < -0.3 is 29.9 Å². The summed E-state index contributed by atoms with van der Waals surface area (Å²) in [6, 6.07) is 13.5. The number of likely N-dealkylation sites (tertiary alicyclic amines) is 1. The number of halogens is 1. The largest absolute Gasteiger partial charge is 0.494 e. The number of hydrogen-bond donors (Lipinski definition) is 3. The van der Waals surface area contributed by atoms with E-state index in [2.05, 4.69) is 36.5 Å². The van der Waals surface area contributed by atoms with Crippen molar-refractivity contribution in [3.05, 3.63) is 53.7 Å². The van der Waals surface area contributed by atoms with Gasteiger partial charge in [0.1, 0.15) is 28.2 Å². The predicted molar refractivity (Wildman–Crippen MR) is 181 cm³/mol. The molecular formula is C31H41ClN8O4S. The van der Waals surface area contributed by atoms with Crippen LogP contribution in [0, 0.1) is 5.92 Å². The number of carbonyl (C=O) groups excluding carboxylic acids is 1. The van der Waals surface area contributed by atoms with E-state index in [1.54, 1.807) is 23.4 Å². The van der Waals surface area contributed by atoms with E-state index in [1.165, 1.54) is 6.20 Å². The Labute approximate surface area is 273 Å². The second kappa shape index (κ2) is 14.1. The molecule has 2 saturated heterocycles. The van der Waals surface area contributed by atoms with Gasteiger partial charge in [-0.2, -0.15) is 4.98 Å². The van der Waals surface area contributed by atoms with Gasteiger partial charge in [0.25, 0.3) is 0 Å². The van der Waals surface area contributed by atoms with Gasteiger partial charge in [0.15, 0.2) is 5.82 Å². The van der Waals surface area contributed by atoms with Gasteiger partial charge in [-0.3, -0.25) is 9.21 Å². The van der Waals surface area contributed by atoms with Crippen LogP contribution in [-0.4, -0.2) is 95.6 Å². The third kappa shape index (κ3) is 8.27. The fraction of sp³-hybridized carbons (Fsp3) is 0.452. The first-order chi connectivity index (χ1) is 21.5. The number of nitrogens with one attached hydrogen (secondary N) is 2. The molecule has 3 aromatic rings. The molecule has 0 aliphatic carbocycles. The second-order valence-electron chi connectivity index (χ2n) is 12.2. The maximum absolute atomic E-state index is 12.2. The predicted octanol–water partition coefficient (Wildman–Crippen LogP) is 4.91. The molecule has 0 bridgehead atoms. The lowest BCUT2D eigenvalue weighted by atomic mass is 10.00. The van der Waals surface area contributed by atoms with E-state index in [-0.39, 0.29) is 17.9 Å². The van der Waals surface area contributed by atoms with E-state index in [1.807, 2.05) is 57.2 Å². The van der Waals surface area contributed by atoms with E-state index in [0.29, 0.717) is 34.1 Å². The summed E-state index contributed by atoms with van der Waals surface area (Å²) in [6.07, 6.45) is 1.30. The monoisotopic (exact) mass is 656 g/mol. The molecule has 0 atom stereocenters. The number of anilines is 6. The highest BCUT2D eigenvalue weighted by Crippen LogP contribution is 2.34. The maximum Gasteiger partial charge on any atom is 0.410 e. The van der Waals surface area contributed by atoms with Crippen molar-refractivity contribution in [1.82, 2.24) is 19.8 Å². The third-order valence-corrected chi connectivity index (χ3v) is 8.40. The first-order valence-electron chi connectivity index (χ1n) is 14.9. The molecule has 12 nitrogen and oxygen atoms in total. The Kier molecular flexibility index (Phi) is 10.2. The molecule has 45 heavy (non-hydrogen) atoms. The molecule has 0 unspecified atom stereocenters. The van der Waals surface area contributed by atoms with Gasteiger partial charge in [-0.1, -0.05) is 23.7 Å². The lowest BCUT2D eigenvalue weighted by Gasteiger charge is -2.44. The van der Waals surface area contributed by atoms with Crippen molar-refractivity contribution in [1.29, 1.82) is 0 Å². The van der Waals surface area contributed by atoms with Crippen LogP contribution in [0.5, 0.6) is 5.75 Å². The number of benzene rings is 2. The lowest BCUT2D eigenvalue weighted by molar-refractivity contribution is -0.00657. The van der Waals surface area contributed by atoms with Gasteiger partial charge in [-0.15, -0.1) is 0 Å². The standard InChI is InChI=1S/C31H41ClN8O4S/c1-31(2,3)44-30(41)40-19-21(20-40)18-38-12-14-39(15-13-38)22-10-11-25(27(16-22)43-5)35-29-33-17-23(32)28(36-29)34-24-8-6-7-9-26(24)37(4)45-42/h6-11,16-17,21,45H,12-15,18-20H2,1-5H3,(H2,33,34,35,36). The second-order valence-corrected chi connectivity index (χ2v) is 13.4. The summed E-state index contributed by atoms with van der Waals surface area (Å²) in [5.41, 5.74) is 2.76. The highest BCUT2D eigenvalue weighted by molar-refractivity contribution is 7.67. The number of aromatic nitrogens is 2. The van der Waals surface area contributed by atoms with Crippen molar-refractivity contribution in [3.8, 4) is 5.75 Å². The number of nitrogens with zero attached hydrogens (tertiary/aromatic N) is 6. The number of piperazine rings is 1. The van der Waals surface area contributed by atoms with Crippen molar-refractivity contribution in [3.63, 3.8) is 0 Å². The number of thiol groups is 1. The molecule has 2 N–H and O–H groups in total. The molecule has 0 saturated carbocycles. The Hall–Kier alpha value is -3.81. The number of ether oxygens (including phenoxy) is 2. The molecule has 14 heteroatoms. The normalized spacial score (nSPS) is 15.8. The minimum atomic E-state index is -0.468. The van der Waals surface area contributed by atoms with Crippen LogP contribution in [-0.2, 0) is 16.6 Å². The Bertz CT molecular complexity index is 1510. The molecule has 242 valence electrons. The van der Waals surface area contributed by atoms with Crippen molar-refractivity contribution >= 4 is 64.1 Å². The Morgan fingerprint density at radius 1 is 1.09 bits per heavy atom. The van der Waals surface area contributed by atoms with E-state index in [9.17, 15) is 9.00 Å². The SMILES string of the molecule is COc1cc(N2CCN(CC3CN(C(=O)OC(C)(C)C)C3)CC2)ccc1Nc1ncc(Cl)c(Nc2ccccc2N(C)[SH]=O)n1. The highest BCUT2D eigenvalue weighted by Gasteiger charge is 2.35. The van der Waals surface area contributed by atoms with E-state index >= 15 is 0 Å². The molecule has 2 aliphatic rings. The molecule has 1 aromatic heterocycles. The average molecular weight is 657 g/mol. The van der Waals surface area contributed by atoms with Crippen molar-refractivity contribution in [2.75, 3.05) is 79.8 Å². The number of carbonyl (C=O) groups is 1. The van der Waals surface area contributed by atoms with Crippen LogP contribution in [0.25, 0.3) is 0 Å². The Morgan fingerprint density at radius 2 is 1.82 bits per heavy atom. The zero-order chi connectivity index (χ0) is 32.1. The minimum Gasteiger partial charge on any atom is -0.494 e. The number of methoxy groups -OCH3 is 1. The fourth-order valence-corrected chi connectivity index (χ4v) is 5.76. The van der Waals surface area contributed by atoms with E-state index in [4.69, 9.17) is 21.1 Å². The quantitative estimate of drug-likeness (QED) is 0.260. The zero-order valence-electron chi connectivity index (χ0n) is 26.3. The molecule has 0 spiro atoms. The van der Waals surface area contributed by atoms with E-state index < -0.39 is 5.60 Å². The molecule has 2 aromatic carbocycles. The number of rotatable bonds is 10. The smallest absolute Gasteiger partial charge is 0.410 e. The number of amides is 1. The van der Waals surface area contributed by atoms with Crippen LogP contribution in [0.2, 0.25) is 5.02 Å². The molecule has 0 radical (unpaired) electrons. The number of para-hydroxylation sites is 2. The first-order valence-corrected chi connectivity index (χ1v) is 16.0. The van der Waals surface area contributed by atoms with Crippen LogP contribution in [0.4, 0.5) is 39.3 Å². The zero-order valence-corrected chi connectivity index (χ0v) is 27.9. The summed E-state index contributed by atoms with van der Waals surface area (Å²) in [4.78, 5) is 27.8. The summed E-state index contributed by atoms with van der Waals surface area (Å²) in [7, 11) is 3.36. The summed E-state index contributed by atoms with van der Waals surface area (Å²) >= 11 is 6.29. The molecule has 2 fully saturated rings. The van der Waals surface area contributed by atoms with Gasteiger partial charge in [-0.25, -0.2) is 14.0 Å². The summed E-state index contributed by atoms with van der Waals surface area (Å²) in [5.74, 6) is 1.90. The summed E-state index contributed by atoms with van der Waals surface area (Å²) in [5, 5.41) is 6.82. The van der Waals surface area contributed by atoms with Crippen molar-refractivity contribution in [2.24, 2.45) is 5.92 Å². The summed E-state index contributed by atoms with van der Waals surface area (Å²) < 4.78 is 24.2. The Balaban J connectivity index is 1.17. The molecule has 1 amide bonds. The average Bonchev–Trinajstić information content (AvgIpc) is 3.00. The first kappa shape index (κ1) is 32.6.